The number of nitrogens with one attached hydrogen (secondary N) is 1. The number of halogens is 3. The first-order valence-electron chi connectivity index (χ1n) is 8.09. The van der Waals surface area contributed by atoms with Gasteiger partial charge in [0.05, 0.1) is 11.1 Å². The molecule has 2 aromatic rings. The van der Waals surface area contributed by atoms with Crippen LogP contribution in [0.25, 0.3) is 5.57 Å². The van der Waals surface area contributed by atoms with Crippen molar-refractivity contribution in [2.45, 2.75) is 32.3 Å². The van der Waals surface area contributed by atoms with Gasteiger partial charge in [-0.2, -0.15) is 13.2 Å². The zero-order valence-electron chi connectivity index (χ0n) is 14.6. The molecule has 0 spiro atoms. The topological polar surface area (TPSA) is 29.1 Å². The third-order valence-electron chi connectivity index (χ3n) is 4.31. The molecule has 0 amide bonds. The van der Waals surface area contributed by atoms with E-state index in [1.165, 1.54) is 12.1 Å². The van der Waals surface area contributed by atoms with Gasteiger partial charge in [-0.15, -0.1) is 0 Å². The van der Waals surface area contributed by atoms with Gasteiger partial charge in [-0.1, -0.05) is 41.6 Å². The fourth-order valence-corrected chi connectivity index (χ4v) is 4.14. The lowest BCUT2D eigenvalue weighted by Crippen LogP contribution is -2.22. The van der Waals surface area contributed by atoms with E-state index in [1.807, 2.05) is 32.9 Å². The molecule has 0 saturated carbocycles. The zero-order valence-corrected chi connectivity index (χ0v) is 15.4. The van der Waals surface area contributed by atoms with Crippen molar-refractivity contribution >= 4 is 22.5 Å². The van der Waals surface area contributed by atoms with Crippen LogP contribution in [0.5, 0.6) is 0 Å². The fourth-order valence-electron chi connectivity index (χ4n) is 3.21. The molecule has 3 rings (SSSR count). The van der Waals surface area contributed by atoms with E-state index in [0.717, 1.165) is 46.1 Å². The minimum atomic E-state index is -4.37. The molecule has 2 aromatic carbocycles. The van der Waals surface area contributed by atoms with Gasteiger partial charge >= 0.3 is 6.18 Å². The largest absolute Gasteiger partial charge is 0.416 e. The highest BCUT2D eigenvalue weighted by molar-refractivity contribution is 8.15. The molecule has 26 heavy (non-hydrogen) atoms. The highest BCUT2D eigenvalue weighted by Crippen LogP contribution is 2.38. The van der Waals surface area contributed by atoms with Crippen molar-refractivity contribution in [2.24, 2.45) is 0 Å². The maximum Gasteiger partial charge on any atom is 0.416 e. The number of carbonyl (C=O) groups excluding carboxylic acids is 1. The van der Waals surface area contributed by atoms with Crippen LogP contribution in [-0.4, -0.2) is 5.12 Å². The van der Waals surface area contributed by atoms with Crippen LogP contribution in [0.3, 0.4) is 0 Å². The first kappa shape index (κ1) is 18.6. The van der Waals surface area contributed by atoms with E-state index in [-0.39, 0.29) is 5.12 Å². The second-order valence-electron chi connectivity index (χ2n) is 6.40. The summed E-state index contributed by atoms with van der Waals surface area (Å²) in [4.78, 5) is 12.7. The Morgan fingerprint density at radius 1 is 1.00 bits per heavy atom. The monoisotopic (exact) mass is 377 g/mol. The van der Waals surface area contributed by atoms with E-state index in [9.17, 15) is 18.0 Å². The second-order valence-corrected chi connectivity index (χ2v) is 7.48. The van der Waals surface area contributed by atoms with Crippen LogP contribution in [-0.2, 0) is 11.0 Å². The minimum absolute atomic E-state index is 0.0938. The van der Waals surface area contributed by atoms with Crippen LogP contribution in [0.1, 0.15) is 38.8 Å². The van der Waals surface area contributed by atoms with Gasteiger partial charge in [-0.25, -0.2) is 0 Å². The van der Waals surface area contributed by atoms with Crippen molar-refractivity contribution in [3.05, 3.63) is 76.0 Å². The minimum Gasteiger partial charge on any atom is -0.374 e. The molecule has 2 nitrogen and oxygen atoms in total. The summed E-state index contributed by atoms with van der Waals surface area (Å²) in [6, 6.07) is 8.95. The van der Waals surface area contributed by atoms with E-state index < -0.39 is 17.1 Å². The summed E-state index contributed by atoms with van der Waals surface area (Å²) in [5.74, 6) is 0. The second kappa shape index (κ2) is 6.83. The summed E-state index contributed by atoms with van der Waals surface area (Å²) in [6.07, 6.45) is -2.69. The lowest BCUT2D eigenvalue weighted by molar-refractivity contribution is -0.137. The molecule has 0 saturated heterocycles. The number of rotatable bonds is 2. The number of thioether (sulfide) groups is 1. The predicted octanol–water partition coefficient (Wildman–Crippen LogP) is 5.53. The summed E-state index contributed by atoms with van der Waals surface area (Å²) in [6.45, 7) is 5.95. The van der Waals surface area contributed by atoms with Crippen molar-refractivity contribution in [1.82, 2.24) is 5.32 Å². The third-order valence-corrected chi connectivity index (χ3v) is 5.39. The number of aryl methyl sites for hydroxylation is 3. The predicted molar refractivity (Wildman–Crippen MR) is 98.5 cm³/mol. The van der Waals surface area contributed by atoms with Crippen LogP contribution < -0.4 is 5.32 Å². The van der Waals surface area contributed by atoms with Crippen molar-refractivity contribution in [3.63, 3.8) is 0 Å². The van der Waals surface area contributed by atoms with Crippen molar-refractivity contribution in [3.8, 4) is 0 Å². The Morgan fingerprint density at radius 3 is 2.08 bits per heavy atom. The van der Waals surface area contributed by atoms with Gasteiger partial charge in [0, 0.05) is 6.20 Å². The van der Waals surface area contributed by atoms with Crippen molar-refractivity contribution < 1.29 is 18.0 Å². The Bertz CT molecular complexity index is 862. The molecule has 136 valence electrons. The lowest BCUT2D eigenvalue weighted by atomic mass is 9.94. The maximum atomic E-state index is 12.7. The molecule has 1 aliphatic heterocycles. The van der Waals surface area contributed by atoms with Crippen LogP contribution in [0, 0.1) is 20.8 Å². The van der Waals surface area contributed by atoms with Gasteiger partial charge in [0.1, 0.15) is 5.37 Å². The number of benzene rings is 2. The van der Waals surface area contributed by atoms with E-state index in [2.05, 4.69) is 5.32 Å². The maximum absolute atomic E-state index is 12.7. The Morgan fingerprint density at radius 2 is 1.58 bits per heavy atom. The van der Waals surface area contributed by atoms with Crippen LogP contribution in [0.15, 0.2) is 42.6 Å². The molecule has 0 fully saturated rings. The van der Waals surface area contributed by atoms with Gasteiger partial charge in [-0.05, 0) is 55.2 Å². The highest BCUT2D eigenvalue weighted by atomic mass is 32.2. The van der Waals surface area contributed by atoms with Gasteiger partial charge in [-0.3, -0.25) is 4.79 Å². The molecule has 1 unspecified atom stereocenters. The summed E-state index contributed by atoms with van der Waals surface area (Å²) in [5, 5.41) is 2.64. The molecule has 6 heteroatoms. The normalized spacial score (nSPS) is 17.7. The SMILES string of the molecule is Cc1cc(C)c(C2=CNC(c3ccc(C(F)(F)F)cc3)SC2=O)c(C)c1. The van der Waals surface area contributed by atoms with E-state index in [0.29, 0.717) is 11.1 Å². The number of hydrogen-bond acceptors (Lipinski definition) is 3. The van der Waals surface area contributed by atoms with Crippen LogP contribution >= 0.6 is 11.8 Å². The van der Waals surface area contributed by atoms with Gasteiger partial charge in [0.15, 0.2) is 0 Å². The van der Waals surface area contributed by atoms with Crippen LogP contribution in [0.2, 0.25) is 0 Å². The van der Waals surface area contributed by atoms with Crippen LogP contribution in [0.4, 0.5) is 13.2 Å². The Balaban J connectivity index is 1.87. The van der Waals surface area contributed by atoms with Gasteiger partial charge < -0.3 is 5.32 Å². The van der Waals surface area contributed by atoms with Crippen molar-refractivity contribution in [1.29, 1.82) is 0 Å². The molecule has 1 heterocycles. The quantitative estimate of drug-likeness (QED) is 0.746. The third kappa shape index (κ3) is 3.65. The summed E-state index contributed by atoms with van der Waals surface area (Å²) in [7, 11) is 0. The molecular weight excluding hydrogens is 359 g/mol. The first-order chi connectivity index (χ1) is 12.2. The van der Waals surface area contributed by atoms with E-state index in [4.69, 9.17) is 0 Å². The number of alkyl halides is 3. The molecule has 1 N–H and O–H groups in total. The molecule has 0 bridgehead atoms. The first-order valence-corrected chi connectivity index (χ1v) is 8.97. The Hall–Kier alpha value is -2.21. The lowest BCUT2D eigenvalue weighted by Gasteiger charge is -2.24. The molecular formula is C20H18F3NOS. The highest BCUT2D eigenvalue weighted by Gasteiger charge is 2.31. The molecule has 1 atom stereocenters. The Kier molecular flexibility index (Phi) is 4.88. The number of carbonyl (C=O) groups is 1. The van der Waals surface area contributed by atoms with Gasteiger partial charge in [0.25, 0.3) is 0 Å². The standard InChI is InChI=1S/C20H18F3NOS/c1-11-8-12(2)17(13(3)9-11)16-10-24-18(26-19(16)25)14-4-6-15(7-5-14)20(21,22)23/h4-10,18,24H,1-3H3. The summed E-state index contributed by atoms with van der Waals surface area (Å²) >= 11 is 1.08. The van der Waals surface area contributed by atoms with E-state index >= 15 is 0 Å². The zero-order chi connectivity index (χ0) is 19.1. The average Bonchev–Trinajstić information content (AvgIpc) is 2.54. The summed E-state index contributed by atoms with van der Waals surface area (Å²) in [5.41, 5.74) is 4.62. The molecule has 0 radical (unpaired) electrons. The molecule has 1 aliphatic rings. The smallest absolute Gasteiger partial charge is 0.374 e. The van der Waals surface area contributed by atoms with E-state index in [1.54, 1.807) is 6.20 Å². The Labute approximate surface area is 154 Å². The molecule has 0 aliphatic carbocycles. The molecule has 0 aromatic heterocycles. The number of hydrogen-bond donors (Lipinski definition) is 1. The average molecular weight is 377 g/mol. The van der Waals surface area contributed by atoms with Gasteiger partial charge in [0.2, 0.25) is 5.12 Å². The fraction of sp³-hybridized carbons (Fsp3) is 0.250. The van der Waals surface area contributed by atoms with Crippen molar-refractivity contribution in [2.75, 3.05) is 0 Å². The summed E-state index contributed by atoms with van der Waals surface area (Å²) < 4.78 is 38.0.